The van der Waals surface area contributed by atoms with Crippen LogP contribution in [0.3, 0.4) is 0 Å². The first-order valence-corrected chi connectivity index (χ1v) is 23.7. The summed E-state index contributed by atoms with van der Waals surface area (Å²) in [5, 5.41) is 0. The molecule has 0 spiro atoms. The summed E-state index contributed by atoms with van der Waals surface area (Å²) in [6.07, 6.45) is 10.9. The fourth-order valence-electron chi connectivity index (χ4n) is 3.32. The molecule has 0 aromatic heterocycles. The molecule has 0 aromatic carbocycles. The quantitative estimate of drug-likeness (QED) is 0.0512. The van der Waals surface area contributed by atoms with E-state index in [0.717, 1.165) is 77.0 Å². The first-order valence-electron chi connectivity index (χ1n) is 16.4. The standard InChI is InChI=1S/2C12H27O4Si.2C2H5O.Zr/c2*1-4-7-10-14-17(13,15-11-8-5-2)16-12-9-6-3;2*1-2-3;/h2*4-12H2,1-3H3;2*2H2,1H3;/q4*-1;+4. The predicted molar refractivity (Wildman–Crippen MR) is 162 cm³/mol. The van der Waals surface area contributed by atoms with E-state index < -0.39 is 40.1 Å². The molecule has 0 fully saturated rings. The van der Waals surface area contributed by atoms with E-state index in [-0.39, 0.29) is 0 Å². The van der Waals surface area contributed by atoms with Crippen LogP contribution in [-0.4, -0.2) is 71.0 Å². The average Bonchev–Trinajstić information content (AvgIpc) is 2.94. The third-order valence-corrected chi connectivity index (χ3v) is 20.7. The molecule has 41 heavy (non-hydrogen) atoms. The van der Waals surface area contributed by atoms with Crippen LogP contribution in [0.4, 0.5) is 0 Å². The Hall–Kier alpha value is 0.917. The van der Waals surface area contributed by atoms with Gasteiger partial charge in [-0.25, -0.2) is 0 Å². The fourth-order valence-corrected chi connectivity index (χ4v) is 19.3. The van der Waals surface area contributed by atoms with Gasteiger partial charge in [-0.15, -0.1) is 0 Å². The predicted octanol–water partition coefficient (Wildman–Crippen LogP) is 7.68. The van der Waals surface area contributed by atoms with Gasteiger partial charge in [0.05, 0.1) is 0 Å². The molecule has 0 bridgehead atoms. The van der Waals surface area contributed by atoms with Gasteiger partial charge in [0.25, 0.3) is 0 Å². The topological polar surface area (TPSA) is 92.3 Å². The van der Waals surface area contributed by atoms with Gasteiger partial charge in [-0.05, 0) is 0 Å². The van der Waals surface area contributed by atoms with Crippen molar-refractivity contribution in [2.45, 2.75) is 132 Å². The zero-order chi connectivity index (χ0) is 30.7. The van der Waals surface area contributed by atoms with Gasteiger partial charge < -0.3 is 0 Å². The number of unbranched alkanes of at least 4 members (excludes halogenated alkanes) is 6. The number of hydrogen-bond donors (Lipinski definition) is 0. The van der Waals surface area contributed by atoms with Crippen molar-refractivity contribution in [1.29, 1.82) is 0 Å². The molecule has 0 N–H and O–H groups in total. The fraction of sp³-hybridized carbons (Fsp3) is 1.00. The molecule has 0 heterocycles. The minimum absolute atomic E-state index is 0.308. The van der Waals surface area contributed by atoms with Crippen LogP contribution in [0, 0.1) is 0 Å². The molecule has 0 radical (unpaired) electrons. The zero-order valence-corrected chi connectivity index (χ0v) is 32.2. The average molecular weight is 708 g/mol. The second-order valence-electron chi connectivity index (χ2n) is 9.78. The Morgan fingerprint density at radius 2 is 0.585 bits per heavy atom. The van der Waals surface area contributed by atoms with Crippen molar-refractivity contribution in [2.24, 2.45) is 0 Å². The van der Waals surface area contributed by atoms with Gasteiger partial charge in [0, 0.05) is 0 Å². The Labute approximate surface area is 261 Å². The Kier molecular flexibility index (Phi) is 27.9. The van der Waals surface area contributed by atoms with Crippen LogP contribution in [0.5, 0.6) is 0 Å². The van der Waals surface area contributed by atoms with Crippen molar-refractivity contribution >= 4 is 18.1 Å². The molecule has 0 saturated carbocycles. The second-order valence-corrected chi connectivity index (χ2v) is 20.8. The summed E-state index contributed by atoms with van der Waals surface area (Å²) in [5.74, 6) is 0. The molecule has 0 saturated heterocycles. The van der Waals surface area contributed by atoms with Gasteiger partial charge in [-0.2, -0.15) is 0 Å². The van der Waals surface area contributed by atoms with E-state index in [2.05, 4.69) is 41.5 Å². The molecule has 0 aliphatic carbocycles. The molecule has 10 nitrogen and oxygen atoms in total. The van der Waals surface area contributed by atoms with Gasteiger partial charge >= 0.3 is 263 Å². The van der Waals surface area contributed by atoms with Crippen molar-refractivity contribution in [3.8, 4) is 0 Å². The first kappa shape index (κ1) is 41.9. The van der Waals surface area contributed by atoms with E-state index in [1.807, 2.05) is 13.8 Å². The Bertz CT molecular complexity index is 479. The van der Waals surface area contributed by atoms with Crippen LogP contribution in [0.15, 0.2) is 0 Å². The summed E-state index contributed by atoms with van der Waals surface area (Å²) in [7, 11) is -7.51. The van der Waals surface area contributed by atoms with Crippen molar-refractivity contribution in [2.75, 3.05) is 52.9 Å². The summed E-state index contributed by atoms with van der Waals surface area (Å²) in [6.45, 7) is 19.8. The molecule has 0 amide bonds. The minimum atomic E-state index is -5.07. The van der Waals surface area contributed by atoms with E-state index in [1.165, 1.54) is 0 Å². The Balaban J connectivity index is 6.67. The Morgan fingerprint density at radius 3 is 0.756 bits per heavy atom. The molecule has 13 heteroatoms. The SMILES string of the molecule is CCCCO[Si](OCCCC)(OCCCC)[O][Zr]([O]CC)([O]CC)[O][Si](OCCCC)(OCCCC)OCCCC. The summed E-state index contributed by atoms with van der Waals surface area (Å²) in [4.78, 5) is 0. The molecule has 0 rings (SSSR count). The maximum atomic E-state index is 6.83. The number of hydrogen-bond acceptors (Lipinski definition) is 10. The molecule has 0 aromatic rings. The molecule has 0 unspecified atom stereocenters. The van der Waals surface area contributed by atoms with Gasteiger partial charge in [-0.1, -0.05) is 0 Å². The van der Waals surface area contributed by atoms with Crippen LogP contribution in [0.1, 0.15) is 132 Å². The van der Waals surface area contributed by atoms with E-state index in [9.17, 15) is 0 Å². The van der Waals surface area contributed by atoms with Crippen molar-refractivity contribution in [1.82, 2.24) is 0 Å². The molecular formula is C28H64O10Si2Zr. The molecule has 248 valence electrons. The van der Waals surface area contributed by atoms with E-state index in [0.29, 0.717) is 52.9 Å². The third-order valence-electron chi connectivity index (χ3n) is 5.80. The van der Waals surface area contributed by atoms with E-state index in [4.69, 9.17) is 37.2 Å². The summed E-state index contributed by atoms with van der Waals surface area (Å²) in [6, 6.07) is 0. The van der Waals surface area contributed by atoms with E-state index in [1.54, 1.807) is 0 Å². The van der Waals surface area contributed by atoms with Crippen molar-refractivity contribution < 1.29 is 59.2 Å². The maximum absolute atomic E-state index is 6.83. The normalized spacial score (nSPS) is 12.9. The molecule has 0 aliphatic rings. The molecule has 0 atom stereocenters. The van der Waals surface area contributed by atoms with Gasteiger partial charge in [0.2, 0.25) is 0 Å². The van der Waals surface area contributed by atoms with Crippen LogP contribution in [0.25, 0.3) is 0 Å². The first-order chi connectivity index (χ1) is 19.9. The summed E-state index contributed by atoms with van der Waals surface area (Å²) < 4.78 is 64.8. The number of rotatable bonds is 32. The van der Waals surface area contributed by atoms with Gasteiger partial charge in [0.15, 0.2) is 0 Å². The van der Waals surface area contributed by atoms with Crippen LogP contribution in [-0.2, 0) is 59.2 Å². The second kappa shape index (κ2) is 27.2. The van der Waals surface area contributed by atoms with Gasteiger partial charge in [-0.3, -0.25) is 0 Å². The Morgan fingerprint density at radius 1 is 0.366 bits per heavy atom. The molecule has 0 aliphatic heterocycles. The van der Waals surface area contributed by atoms with Gasteiger partial charge in [0.1, 0.15) is 0 Å². The monoisotopic (exact) mass is 706 g/mol. The van der Waals surface area contributed by atoms with Crippen LogP contribution < -0.4 is 0 Å². The van der Waals surface area contributed by atoms with Crippen LogP contribution in [0.2, 0.25) is 0 Å². The summed E-state index contributed by atoms with van der Waals surface area (Å²) in [5.41, 5.74) is 0. The van der Waals surface area contributed by atoms with Crippen LogP contribution >= 0.6 is 0 Å². The summed E-state index contributed by atoms with van der Waals surface area (Å²) >= 11 is -5.07. The van der Waals surface area contributed by atoms with Crippen molar-refractivity contribution in [3.05, 3.63) is 0 Å². The van der Waals surface area contributed by atoms with Crippen molar-refractivity contribution in [3.63, 3.8) is 0 Å². The third kappa shape index (κ3) is 19.1. The molecular weight excluding hydrogens is 644 g/mol. The van der Waals surface area contributed by atoms with E-state index >= 15 is 0 Å². The zero-order valence-electron chi connectivity index (χ0n) is 27.7.